The van der Waals surface area contributed by atoms with Crippen LogP contribution < -0.4 is 10.2 Å². The minimum absolute atomic E-state index is 0.0171. The molecule has 3 rings (SSSR count). The lowest BCUT2D eigenvalue weighted by Crippen LogP contribution is -3.17. The number of piperidine rings is 1. The molecule has 1 aliphatic rings. The van der Waals surface area contributed by atoms with Crippen LogP contribution >= 0.6 is 0 Å². The van der Waals surface area contributed by atoms with Gasteiger partial charge in [-0.15, -0.1) is 0 Å². The topological polar surface area (TPSA) is 33.5 Å². The fourth-order valence-corrected chi connectivity index (χ4v) is 3.61. The van der Waals surface area contributed by atoms with Gasteiger partial charge in [-0.3, -0.25) is 4.79 Å². The van der Waals surface area contributed by atoms with Gasteiger partial charge in [0.2, 0.25) is 0 Å². The average Bonchev–Trinajstić information content (AvgIpc) is 2.62. The zero-order chi connectivity index (χ0) is 16.9. The monoisotopic (exact) mass is 323 g/mol. The third kappa shape index (κ3) is 3.85. The first kappa shape index (κ1) is 16.7. The number of quaternary nitrogens is 1. The van der Waals surface area contributed by atoms with Crippen molar-refractivity contribution >= 4 is 11.6 Å². The Bertz CT molecular complexity index is 683. The molecule has 1 heterocycles. The van der Waals surface area contributed by atoms with Crippen molar-refractivity contribution in [2.75, 3.05) is 18.4 Å². The minimum atomic E-state index is -0.0171. The molecular formula is C21H27N2O+. The van der Waals surface area contributed by atoms with Gasteiger partial charge in [0.15, 0.2) is 6.04 Å². The number of amides is 1. The summed E-state index contributed by atoms with van der Waals surface area (Å²) in [5, 5.41) is 3.16. The standard InChI is InChI=1S/C21H26N2O/c1-16-9-8-14-23(15-16)17(2)21(24)22-20-13-7-6-12-19(20)18-10-4-3-5-11-18/h3-7,10-13,16-17H,8-9,14-15H2,1-2H3,(H,22,24)/p+1/t16-,17+/m0/s1. The van der Waals surface area contributed by atoms with E-state index in [-0.39, 0.29) is 11.9 Å². The van der Waals surface area contributed by atoms with Crippen LogP contribution in [0.15, 0.2) is 54.6 Å². The number of benzene rings is 2. The Kier molecular flexibility index (Phi) is 5.31. The van der Waals surface area contributed by atoms with Crippen LogP contribution in [-0.4, -0.2) is 25.0 Å². The lowest BCUT2D eigenvalue weighted by atomic mass is 9.98. The maximum absolute atomic E-state index is 12.8. The van der Waals surface area contributed by atoms with Gasteiger partial charge in [0.25, 0.3) is 5.91 Å². The van der Waals surface area contributed by atoms with Gasteiger partial charge in [-0.1, -0.05) is 55.5 Å². The van der Waals surface area contributed by atoms with Crippen molar-refractivity contribution in [3.05, 3.63) is 54.6 Å². The average molecular weight is 323 g/mol. The highest BCUT2D eigenvalue weighted by atomic mass is 16.2. The smallest absolute Gasteiger partial charge is 0.282 e. The summed E-state index contributed by atoms with van der Waals surface area (Å²) in [4.78, 5) is 14.2. The molecule has 2 aromatic rings. The summed E-state index contributed by atoms with van der Waals surface area (Å²) >= 11 is 0. The van der Waals surface area contributed by atoms with Gasteiger partial charge in [0.05, 0.1) is 13.1 Å². The van der Waals surface area contributed by atoms with Crippen molar-refractivity contribution in [1.29, 1.82) is 0 Å². The van der Waals surface area contributed by atoms with E-state index in [0.717, 1.165) is 29.9 Å². The van der Waals surface area contributed by atoms with Crippen LogP contribution in [-0.2, 0) is 4.79 Å². The lowest BCUT2D eigenvalue weighted by Gasteiger charge is -2.31. The maximum Gasteiger partial charge on any atom is 0.282 e. The Morgan fingerprint density at radius 3 is 2.58 bits per heavy atom. The molecule has 0 aliphatic carbocycles. The van der Waals surface area contributed by atoms with E-state index in [4.69, 9.17) is 0 Å². The third-order valence-corrected chi connectivity index (χ3v) is 5.08. The summed E-state index contributed by atoms with van der Waals surface area (Å²) in [6, 6.07) is 18.2. The van der Waals surface area contributed by atoms with E-state index in [1.54, 1.807) is 0 Å². The molecule has 24 heavy (non-hydrogen) atoms. The predicted molar refractivity (Wildman–Crippen MR) is 99.1 cm³/mol. The molecule has 1 unspecified atom stereocenters. The Hall–Kier alpha value is -2.13. The number of hydrogen-bond donors (Lipinski definition) is 2. The molecule has 3 heteroatoms. The van der Waals surface area contributed by atoms with Gasteiger partial charge in [-0.05, 0) is 31.4 Å². The molecule has 0 radical (unpaired) electrons. The number of rotatable bonds is 4. The predicted octanol–water partition coefficient (Wildman–Crippen LogP) is 3.00. The van der Waals surface area contributed by atoms with Crippen molar-refractivity contribution in [3.8, 4) is 11.1 Å². The van der Waals surface area contributed by atoms with E-state index >= 15 is 0 Å². The highest BCUT2D eigenvalue weighted by Crippen LogP contribution is 2.27. The molecule has 1 amide bonds. The summed E-state index contributed by atoms with van der Waals surface area (Å²) in [5.74, 6) is 0.822. The second-order valence-corrected chi connectivity index (χ2v) is 6.98. The number of para-hydroxylation sites is 1. The minimum Gasteiger partial charge on any atom is -0.325 e. The molecule has 2 aromatic carbocycles. The van der Waals surface area contributed by atoms with Gasteiger partial charge in [0.1, 0.15) is 0 Å². The van der Waals surface area contributed by atoms with Crippen molar-refractivity contribution in [3.63, 3.8) is 0 Å². The van der Waals surface area contributed by atoms with Crippen LogP contribution in [0.1, 0.15) is 26.7 Å². The van der Waals surface area contributed by atoms with E-state index < -0.39 is 0 Å². The molecule has 0 saturated carbocycles. The summed E-state index contributed by atoms with van der Waals surface area (Å²) in [6.07, 6.45) is 2.50. The fourth-order valence-electron chi connectivity index (χ4n) is 3.61. The molecule has 3 atom stereocenters. The zero-order valence-electron chi connectivity index (χ0n) is 14.6. The molecule has 0 spiro atoms. The van der Waals surface area contributed by atoms with E-state index in [9.17, 15) is 4.79 Å². The molecule has 126 valence electrons. The zero-order valence-corrected chi connectivity index (χ0v) is 14.6. The van der Waals surface area contributed by atoms with Crippen LogP contribution in [0, 0.1) is 5.92 Å². The number of anilines is 1. The normalized spacial score (nSPS) is 21.9. The largest absolute Gasteiger partial charge is 0.325 e. The number of carbonyl (C=O) groups excluding carboxylic acids is 1. The lowest BCUT2D eigenvalue weighted by molar-refractivity contribution is -0.922. The molecule has 1 fully saturated rings. The van der Waals surface area contributed by atoms with Gasteiger partial charge in [-0.25, -0.2) is 0 Å². The van der Waals surface area contributed by atoms with Crippen LogP contribution in [0.3, 0.4) is 0 Å². The number of hydrogen-bond acceptors (Lipinski definition) is 1. The second kappa shape index (κ2) is 7.63. The molecule has 0 aromatic heterocycles. The van der Waals surface area contributed by atoms with Crippen molar-refractivity contribution < 1.29 is 9.69 Å². The first-order chi connectivity index (χ1) is 11.6. The van der Waals surface area contributed by atoms with Gasteiger partial charge < -0.3 is 10.2 Å². The molecule has 2 N–H and O–H groups in total. The van der Waals surface area contributed by atoms with Gasteiger partial charge >= 0.3 is 0 Å². The maximum atomic E-state index is 12.8. The second-order valence-electron chi connectivity index (χ2n) is 6.98. The highest BCUT2D eigenvalue weighted by molar-refractivity contribution is 5.97. The quantitative estimate of drug-likeness (QED) is 0.891. The van der Waals surface area contributed by atoms with Crippen LogP contribution in [0.5, 0.6) is 0 Å². The first-order valence-electron chi connectivity index (χ1n) is 8.95. The SMILES string of the molecule is C[C@H]1CCC[NH+]([C@H](C)C(=O)Nc2ccccc2-c2ccccc2)C1. The van der Waals surface area contributed by atoms with E-state index in [0.29, 0.717) is 5.92 Å². The Balaban J connectivity index is 1.75. The van der Waals surface area contributed by atoms with Crippen molar-refractivity contribution in [2.24, 2.45) is 5.92 Å². The van der Waals surface area contributed by atoms with E-state index in [1.807, 2.05) is 43.3 Å². The number of carbonyl (C=O) groups is 1. The third-order valence-electron chi connectivity index (χ3n) is 5.08. The molecular weight excluding hydrogens is 296 g/mol. The number of likely N-dealkylation sites (tertiary alicyclic amines) is 1. The highest BCUT2D eigenvalue weighted by Gasteiger charge is 2.29. The van der Waals surface area contributed by atoms with Gasteiger partial charge in [0, 0.05) is 17.2 Å². The Morgan fingerprint density at radius 1 is 1.12 bits per heavy atom. The van der Waals surface area contributed by atoms with Gasteiger partial charge in [-0.2, -0.15) is 0 Å². The molecule has 1 aliphatic heterocycles. The summed E-state index contributed by atoms with van der Waals surface area (Å²) < 4.78 is 0. The van der Waals surface area contributed by atoms with Crippen molar-refractivity contribution in [1.82, 2.24) is 0 Å². The summed E-state index contributed by atoms with van der Waals surface area (Å²) in [7, 11) is 0. The van der Waals surface area contributed by atoms with Crippen LogP contribution in [0.25, 0.3) is 11.1 Å². The van der Waals surface area contributed by atoms with Crippen LogP contribution in [0.4, 0.5) is 5.69 Å². The van der Waals surface area contributed by atoms with E-state index in [1.165, 1.54) is 17.7 Å². The molecule has 0 bridgehead atoms. The number of nitrogens with one attached hydrogen (secondary N) is 2. The molecule has 1 saturated heterocycles. The first-order valence-corrected chi connectivity index (χ1v) is 8.95. The summed E-state index contributed by atoms with van der Waals surface area (Å²) in [6.45, 7) is 6.52. The Morgan fingerprint density at radius 2 is 1.83 bits per heavy atom. The summed E-state index contributed by atoms with van der Waals surface area (Å²) in [5.41, 5.74) is 3.09. The van der Waals surface area contributed by atoms with Crippen LogP contribution in [0.2, 0.25) is 0 Å². The Labute approximate surface area is 144 Å². The van der Waals surface area contributed by atoms with Crippen molar-refractivity contribution in [2.45, 2.75) is 32.7 Å². The molecule has 3 nitrogen and oxygen atoms in total. The fraction of sp³-hybridized carbons (Fsp3) is 0.381. The van der Waals surface area contributed by atoms with E-state index in [2.05, 4.69) is 30.4 Å².